The van der Waals surface area contributed by atoms with Gasteiger partial charge in [-0.1, -0.05) is 6.07 Å². The third-order valence-corrected chi connectivity index (χ3v) is 4.69. The molecule has 2 N–H and O–H groups in total. The number of carbonyl (C=O) groups is 1. The summed E-state index contributed by atoms with van der Waals surface area (Å²) in [6.07, 6.45) is 7.10. The van der Waals surface area contributed by atoms with Gasteiger partial charge in [0, 0.05) is 36.0 Å². The van der Waals surface area contributed by atoms with Crippen LogP contribution in [0.5, 0.6) is 0 Å². The second-order valence-corrected chi connectivity index (χ2v) is 6.76. The monoisotopic (exact) mass is 359 g/mol. The van der Waals surface area contributed by atoms with E-state index in [-0.39, 0.29) is 11.8 Å². The van der Waals surface area contributed by atoms with Gasteiger partial charge in [-0.2, -0.15) is 0 Å². The molecule has 0 unspecified atom stereocenters. The van der Waals surface area contributed by atoms with E-state index in [9.17, 15) is 4.79 Å². The van der Waals surface area contributed by atoms with Crippen LogP contribution in [-0.2, 0) is 4.79 Å². The molecule has 1 aromatic carbocycles. The van der Waals surface area contributed by atoms with E-state index >= 15 is 0 Å². The van der Waals surface area contributed by atoms with Crippen LogP contribution in [0.4, 0.5) is 11.5 Å². The van der Waals surface area contributed by atoms with Crippen LogP contribution >= 0.6 is 0 Å². The molecule has 4 rings (SSSR count). The van der Waals surface area contributed by atoms with E-state index in [4.69, 9.17) is 4.98 Å². The summed E-state index contributed by atoms with van der Waals surface area (Å²) in [5, 5.41) is 6.03. The van der Waals surface area contributed by atoms with Crippen molar-refractivity contribution in [1.82, 2.24) is 15.0 Å². The third kappa shape index (κ3) is 3.79. The molecule has 1 fully saturated rings. The molecule has 0 bridgehead atoms. The molecule has 27 heavy (non-hydrogen) atoms. The van der Waals surface area contributed by atoms with Crippen molar-refractivity contribution in [1.29, 1.82) is 0 Å². The zero-order chi connectivity index (χ0) is 18.8. The quantitative estimate of drug-likeness (QED) is 0.722. The number of amides is 1. The van der Waals surface area contributed by atoms with Gasteiger partial charge in [0.2, 0.25) is 5.91 Å². The number of nitrogens with zero attached hydrogens (tertiary/aromatic N) is 3. The Morgan fingerprint density at radius 2 is 1.93 bits per heavy atom. The van der Waals surface area contributed by atoms with Crippen LogP contribution in [0.3, 0.4) is 0 Å². The van der Waals surface area contributed by atoms with Crippen molar-refractivity contribution in [3.8, 4) is 22.5 Å². The van der Waals surface area contributed by atoms with Crippen molar-refractivity contribution in [2.24, 2.45) is 5.92 Å². The number of aromatic nitrogens is 3. The highest BCUT2D eigenvalue weighted by Crippen LogP contribution is 2.31. The molecular weight excluding hydrogens is 338 g/mol. The van der Waals surface area contributed by atoms with E-state index in [0.29, 0.717) is 5.82 Å². The van der Waals surface area contributed by atoms with Gasteiger partial charge in [-0.25, -0.2) is 9.97 Å². The number of benzene rings is 1. The molecule has 136 valence electrons. The minimum Gasteiger partial charge on any atom is -0.388 e. The summed E-state index contributed by atoms with van der Waals surface area (Å²) >= 11 is 0. The standard InChI is InChI=1S/C21H21N5O/c1-13-3-6-16(22-2)10-17(13)19-12-23-11-18(25-19)15-7-8-24-20(9-15)26-21(27)14-4-5-14/h3,6-12,14,22H,4-5H2,1-2H3,(H,24,26,27). The van der Waals surface area contributed by atoms with Crippen LogP contribution < -0.4 is 10.6 Å². The van der Waals surface area contributed by atoms with Crippen LogP contribution in [0.1, 0.15) is 18.4 Å². The molecule has 1 aliphatic carbocycles. The number of nitrogens with one attached hydrogen (secondary N) is 2. The van der Waals surface area contributed by atoms with Crippen molar-refractivity contribution in [3.63, 3.8) is 0 Å². The number of hydrogen-bond donors (Lipinski definition) is 2. The van der Waals surface area contributed by atoms with Gasteiger partial charge in [-0.15, -0.1) is 0 Å². The van der Waals surface area contributed by atoms with Crippen molar-refractivity contribution < 1.29 is 4.79 Å². The molecular formula is C21H21N5O. The first-order chi connectivity index (χ1) is 13.1. The average Bonchev–Trinajstić information content (AvgIpc) is 3.54. The molecule has 1 amide bonds. The maximum Gasteiger partial charge on any atom is 0.228 e. The van der Waals surface area contributed by atoms with Crippen molar-refractivity contribution in [2.45, 2.75) is 19.8 Å². The van der Waals surface area contributed by atoms with Crippen LogP contribution in [0.2, 0.25) is 0 Å². The van der Waals surface area contributed by atoms with E-state index in [2.05, 4.69) is 39.7 Å². The van der Waals surface area contributed by atoms with Crippen LogP contribution in [-0.4, -0.2) is 27.9 Å². The van der Waals surface area contributed by atoms with Crippen LogP contribution in [0.15, 0.2) is 48.9 Å². The minimum absolute atomic E-state index is 0.0407. The molecule has 6 nitrogen and oxygen atoms in total. The lowest BCUT2D eigenvalue weighted by Crippen LogP contribution is -2.14. The zero-order valence-corrected chi connectivity index (χ0v) is 15.4. The molecule has 2 heterocycles. The summed E-state index contributed by atoms with van der Waals surface area (Å²) in [5.74, 6) is 0.727. The predicted octanol–water partition coefficient (Wildman–Crippen LogP) is 3.90. The van der Waals surface area contributed by atoms with Gasteiger partial charge in [0.1, 0.15) is 5.82 Å². The first kappa shape index (κ1) is 17.1. The highest BCUT2D eigenvalue weighted by molar-refractivity contribution is 5.93. The number of hydrogen-bond acceptors (Lipinski definition) is 5. The van der Waals surface area contributed by atoms with Crippen molar-refractivity contribution in [2.75, 3.05) is 17.7 Å². The molecule has 0 spiro atoms. The largest absolute Gasteiger partial charge is 0.388 e. The first-order valence-corrected chi connectivity index (χ1v) is 9.02. The summed E-state index contributed by atoms with van der Waals surface area (Å²) < 4.78 is 0. The van der Waals surface area contributed by atoms with E-state index in [1.807, 2.05) is 25.2 Å². The Hall–Kier alpha value is -3.28. The molecule has 3 aromatic rings. The summed E-state index contributed by atoms with van der Waals surface area (Å²) in [6, 6.07) is 9.88. The first-order valence-electron chi connectivity index (χ1n) is 9.02. The Morgan fingerprint density at radius 1 is 1.11 bits per heavy atom. The fraction of sp³-hybridized carbons (Fsp3) is 0.238. The predicted molar refractivity (Wildman–Crippen MR) is 106 cm³/mol. The van der Waals surface area contributed by atoms with E-state index < -0.39 is 0 Å². The SMILES string of the molecule is CNc1ccc(C)c(-c2cncc(-c3ccnc(NC(=O)C4CC4)c3)n2)c1. The summed E-state index contributed by atoms with van der Waals surface area (Å²) in [7, 11) is 1.89. The summed E-state index contributed by atoms with van der Waals surface area (Å²) in [5.41, 5.74) is 5.61. The van der Waals surface area contributed by atoms with Gasteiger partial charge >= 0.3 is 0 Å². The normalized spacial score (nSPS) is 13.3. The Morgan fingerprint density at radius 3 is 2.70 bits per heavy atom. The Balaban J connectivity index is 1.65. The second-order valence-electron chi connectivity index (χ2n) is 6.76. The van der Waals surface area contributed by atoms with E-state index in [0.717, 1.165) is 46.6 Å². The Kier molecular flexibility index (Phi) is 4.54. The van der Waals surface area contributed by atoms with E-state index in [1.54, 1.807) is 18.6 Å². The van der Waals surface area contributed by atoms with Crippen LogP contribution in [0, 0.1) is 12.8 Å². The molecule has 0 saturated heterocycles. The molecule has 1 aliphatic rings. The molecule has 0 radical (unpaired) electrons. The Labute approximate surface area is 158 Å². The lowest BCUT2D eigenvalue weighted by Gasteiger charge is -2.10. The van der Waals surface area contributed by atoms with Gasteiger partial charge in [0.05, 0.1) is 23.8 Å². The van der Waals surface area contributed by atoms with Crippen molar-refractivity contribution in [3.05, 3.63) is 54.5 Å². The zero-order valence-electron chi connectivity index (χ0n) is 15.4. The highest BCUT2D eigenvalue weighted by Gasteiger charge is 2.29. The number of carbonyl (C=O) groups excluding carboxylic acids is 1. The van der Waals surface area contributed by atoms with Gasteiger partial charge in [0.15, 0.2) is 0 Å². The number of aryl methyl sites for hydroxylation is 1. The second kappa shape index (κ2) is 7.15. The van der Waals surface area contributed by atoms with Gasteiger partial charge in [-0.05, 0) is 49.6 Å². The highest BCUT2D eigenvalue weighted by atomic mass is 16.2. The lowest BCUT2D eigenvalue weighted by atomic mass is 10.0. The van der Waals surface area contributed by atoms with Gasteiger partial charge in [-0.3, -0.25) is 9.78 Å². The molecule has 1 saturated carbocycles. The summed E-state index contributed by atoms with van der Waals surface area (Å²) in [6.45, 7) is 2.06. The molecule has 0 atom stereocenters. The lowest BCUT2D eigenvalue weighted by molar-refractivity contribution is -0.117. The maximum absolute atomic E-state index is 12.0. The molecule has 2 aromatic heterocycles. The fourth-order valence-electron chi connectivity index (χ4n) is 2.92. The van der Waals surface area contributed by atoms with Gasteiger partial charge < -0.3 is 10.6 Å². The topological polar surface area (TPSA) is 79.8 Å². The maximum atomic E-state index is 12.0. The fourth-order valence-corrected chi connectivity index (χ4v) is 2.92. The Bertz CT molecular complexity index is 997. The van der Waals surface area contributed by atoms with Crippen LogP contribution in [0.25, 0.3) is 22.5 Å². The third-order valence-electron chi connectivity index (χ3n) is 4.69. The number of pyridine rings is 1. The van der Waals surface area contributed by atoms with Crippen molar-refractivity contribution >= 4 is 17.4 Å². The van der Waals surface area contributed by atoms with Gasteiger partial charge in [0.25, 0.3) is 0 Å². The number of anilines is 2. The molecule has 0 aliphatic heterocycles. The average molecular weight is 359 g/mol. The smallest absolute Gasteiger partial charge is 0.228 e. The molecule has 6 heteroatoms. The minimum atomic E-state index is 0.0407. The van der Waals surface area contributed by atoms with E-state index in [1.165, 1.54) is 0 Å². The summed E-state index contributed by atoms with van der Waals surface area (Å²) in [4.78, 5) is 25.4. The number of rotatable bonds is 5.